The number of benzene rings is 2. The van der Waals surface area contributed by atoms with Gasteiger partial charge in [-0.1, -0.05) is 48.5 Å². The first-order valence-electron chi connectivity index (χ1n) is 11.0. The Kier molecular flexibility index (Phi) is 6.17. The summed E-state index contributed by atoms with van der Waals surface area (Å²) in [6, 6.07) is 15.5. The lowest BCUT2D eigenvalue weighted by molar-refractivity contribution is -0.149. The summed E-state index contributed by atoms with van der Waals surface area (Å²) in [5.41, 5.74) is 4.66. The van der Waals surface area contributed by atoms with E-state index in [1.54, 1.807) is 6.92 Å². The molecule has 2 amide bonds. The van der Waals surface area contributed by atoms with Crippen molar-refractivity contribution in [3.8, 4) is 11.1 Å². The van der Waals surface area contributed by atoms with Crippen LogP contribution in [0.3, 0.4) is 0 Å². The Balaban J connectivity index is 1.28. The van der Waals surface area contributed by atoms with Crippen molar-refractivity contribution < 1.29 is 24.2 Å². The van der Waals surface area contributed by atoms with Crippen LogP contribution in [0.15, 0.2) is 48.5 Å². The Morgan fingerprint density at radius 3 is 2.25 bits per heavy atom. The van der Waals surface area contributed by atoms with Crippen LogP contribution >= 0.6 is 0 Å². The van der Waals surface area contributed by atoms with Crippen LogP contribution in [-0.4, -0.2) is 53.7 Å². The zero-order chi connectivity index (χ0) is 22.8. The lowest BCUT2D eigenvalue weighted by Gasteiger charge is -2.25. The quantitative estimate of drug-likeness (QED) is 0.661. The zero-order valence-electron chi connectivity index (χ0n) is 18.3. The number of likely N-dealkylation sites (N-methyl/N-ethyl adjacent to an activating group) is 1. The zero-order valence-corrected chi connectivity index (χ0v) is 18.3. The maximum Gasteiger partial charge on any atom is 0.407 e. The Morgan fingerprint density at radius 2 is 1.69 bits per heavy atom. The molecule has 0 spiro atoms. The molecule has 0 saturated heterocycles. The van der Waals surface area contributed by atoms with E-state index in [1.165, 1.54) is 23.0 Å². The predicted octanol–water partition coefficient (Wildman–Crippen LogP) is 3.48. The minimum atomic E-state index is -1.02. The van der Waals surface area contributed by atoms with Gasteiger partial charge in [0.25, 0.3) is 0 Å². The summed E-state index contributed by atoms with van der Waals surface area (Å²) in [4.78, 5) is 37.5. The second kappa shape index (κ2) is 9.02. The fraction of sp³-hybridized carbons (Fsp3) is 0.400. The molecule has 3 atom stereocenters. The summed E-state index contributed by atoms with van der Waals surface area (Å²) in [6.07, 6.45) is 0.141. The number of hydrogen-bond acceptors (Lipinski definition) is 4. The summed E-state index contributed by atoms with van der Waals surface area (Å²) in [5, 5.41) is 11.9. The van der Waals surface area contributed by atoms with Gasteiger partial charge in [0, 0.05) is 24.9 Å². The molecule has 0 radical (unpaired) electrons. The molecular weight excluding hydrogens is 408 g/mol. The van der Waals surface area contributed by atoms with Crippen LogP contribution < -0.4 is 5.32 Å². The van der Waals surface area contributed by atoms with E-state index < -0.39 is 18.1 Å². The van der Waals surface area contributed by atoms with Gasteiger partial charge in [-0.05, 0) is 48.4 Å². The van der Waals surface area contributed by atoms with Gasteiger partial charge in [-0.2, -0.15) is 0 Å². The van der Waals surface area contributed by atoms with E-state index in [9.17, 15) is 19.5 Å². The molecule has 0 heterocycles. The highest BCUT2D eigenvalue weighted by Gasteiger charge is 2.46. The number of amides is 2. The number of nitrogens with one attached hydrogen (secondary N) is 1. The Hall–Kier alpha value is -3.35. The first kappa shape index (κ1) is 21.9. The van der Waals surface area contributed by atoms with Crippen molar-refractivity contribution in [1.82, 2.24) is 10.2 Å². The number of hydrogen-bond donors (Lipinski definition) is 2. The molecule has 32 heavy (non-hydrogen) atoms. The average molecular weight is 437 g/mol. The van der Waals surface area contributed by atoms with Crippen molar-refractivity contribution in [2.75, 3.05) is 19.7 Å². The minimum Gasteiger partial charge on any atom is -0.480 e. The molecule has 168 valence electrons. The second-order valence-electron chi connectivity index (χ2n) is 8.45. The number of fused-ring (bicyclic) bond motifs is 3. The molecule has 0 aromatic heterocycles. The van der Waals surface area contributed by atoms with Gasteiger partial charge < -0.3 is 20.1 Å². The molecule has 1 fully saturated rings. The third kappa shape index (κ3) is 4.20. The van der Waals surface area contributed by atoms with Gasteiger partial charge >= 0.3 is 12.1 Å². The molecule has 0 bridgehead atoms. The lowest BCUT2D eigenvalue weighted by Crippen LogP contribution is -2.44. The average Bonchev–Trinajstić information content (AvgIpc) is 3.51. The highest BCUT2D eigenvalue weighted by atomic mass is 16.5. The van der Waals surface area contributed by atoms with Gasteiger partial charge in [0.15, 0.2) is 0 Å². The van der Waals surface area contributed by atoms with E-state index in [4.69, 9.17) is 4.74 Å². The van der Waals surface area contributed by atoms with Crippen LogP contribution in [-0.2, 0) is 14.3 Å². The van der Waals surface area contributed by atoms with Crippen molar-refractivity contribution in [2.45, 2.75) is 32.2 Å². The Labute approximate surface area is 187 Å². The van der Waals surface area contributed by atoms with E-state index >= 15 is 0 Å². The van der Waals surface area contributed by atoms with Gasteiger partial charge in [-0.15, -0.1) is 0 Å². The molecule has 7 heteroatoms. The SMILES string of the molecule is CCN(C(=O)C1CC1CNC(=O)OCC1c2ccccc2-c2ccccc21)C(C)C(=O)O. The van der Waals surface area contributed by atoms with E-state index in [-0.39, 0.29) is 30.3 Å². The molecule has 2 aliphatic carbocycles. The summed E-state index contributed by atoms with van der Waals surface area (Å²) in [6.45, 7) is 4.20. The third-order valence-electron chi connectivity index (χ3n) is 6.54. The van der Waals surface area contributed by atoms with Crippen molar-refractivity contribution in [3.05, 3.63) is 59.7 Å². The number of alkyl carbamates (subject to hydrolysis) is 1. The first-order chi connectivity index (χ1) is 15.4. The van der Waals surface area contributed by atoms with E-state index in [0.29, 0.717) is 19.5 Å². The van der Waals surface area contributed by atoms with E-state index in [2.05, 4.69) is 29.6 Å². The van der Waals surface area contributed by atoms with Crippen molar-refractivity contribution in [2.24, 2.45) is 11.8 Å². The molecule has 0 aliphatic heterocycles. The van der Waals surface area contributed by atoms with Gasteiger partial charge in [0.05, 0.1) is 0 Å². The van der Waals surface area contributed by atoms with E-state index in [0.717, 1.165) is 11.1 Å². The summed E-state index contributed by atoms with van der Waals surface area (Å²) < 4.78 is 5.53. The summed E-state index contributed by atoms with van der Waals surface area (Å²) >= 11 is 0. The molecule has 3 unspecified atom stereocenters. The third-order valence-corrected chi connectivity index (χ3v) is 6.54. The van der Waals surface area contributed by atoms with Gasteiger partial charge in [0.2, 0.25) is 5.91 Å². The minimum absolute atomic E-state index is 0.000907. The Bertz CT molecular complexity index is 991. The number of rotatable bonds is 8. The lowest BCUT2D eigenvalue weighted by atomic mass is 9.98. The molecular formula is C25H28N2O5. The van der Waals surface area contributed by atoms with Gasteiger partial charge in [0.1, 0.15) is 12.6 Å². The molecule has 2 aliphatic rings. The van der Waals surface area contributed by atoms with Crippen LogP contribution in [0.4, 0.5) is 4.79 Å². The molecule has 2 aromatic carbocycles. The highest BCUT2D eigenvalue weighted by Crippen LogP contribution is 2.44. The summed E-state index contributed by atoms with van der Waals surface area (Å²) in [5.74, 6) is -1.42. The van der Waals surface area contributed by atoms with Crippen LogP contribution in [0.5, 0.6) is 0 Å². The number of carbonyl (C=O) groups excluding carboxylic acids is 2. The van der Waals surface area contributed by atoms with Crippen molar-refractivity contribution >= 4 is 18.0 Å². The van der Waals surface area contributed by atoms with Crippen LogP contribution in [0, 0.1) is 11.8 Å². The second-order valence-corrected chi connectivity index (χ2v) is 8.45. The normalized spacial score (nSPS) is 19.4. The van der Waals surface area contributed by atoms with Gasteiger partial charge in [-0.3, -0.25) is 4.79 Å². The van der Waals surface area contributed by atoms with Crippen LogP contribution in [0.1, 0.15) is 37.3 Å². The maximum absolute atomic E-state index is 12.6. The predicted molar refractivity (Wildman–Crippen MR) is 119 cm³/mol. The smallest absolute Gasteiger partial charge is 0.407 e. The Morgan fingerprint density at radius 1 is 1.09 bits per heavy atom. The maximum atomic E-state index is 12.6. The fourth-order valence-electron chi connectivity index (χ4n) is 4.61. The van der Waals surface area contributed by atoms with Crippen LogP contribution in [0.2, 0.25) is 0 Å². The number of aliphatic carboxylic acids is 1. The molecule has 2 N–H and O–H groups in total. The molecule has 7 nitrogen and oxygen atoms in total. The monoisotopic (exact) mass is 436 g/mol. The number of carboxylic acid groups (broad SMARTS) is 1. The number of carbonyl (C=O) groups is 3. The van der Waals surface area contributed by atoms with E-state index in [1.807, 2.05) is 24.3 Å². The largest absolute Gasteiger partial charge is 0.480 e. The van der Waals surface area contributed by atoms with Crippen molar-refractivity contribution in [1.29, 1.82) is 0 Å². The summed E-state index contributed by atoms with van der Waals surface area (Å²) in [7, 11) is 0. The van der Waals surface area contributed by atoms with Crippen molar-refractivity contribution in [3.63, 3.8) is 0 Å². The highest BCUT2D eigenvalue weighted by molar-refractivity contribution is 5.86. The standard InChI is InChI=1S/C25H28N2O5/c1-3-27(15(2)24(29)30)23(28)21-12-16(21)13-26-25(31)32-14-22-19-10-6-4-8-17(19)18-9-5-7-11-20(18)22/h4-11,15-16,21-22H,3,12-14H2,1-2H3,(H,26,31)(H,29,30). The molecule has 4 rings (SSSR count). The van der Waals surface area contributed by atoms with Gasteiger partial charge in [-0.25, -0.2) is 9.59 Å². The van der Waals surface area contributed by atoms with Crippen LogP contribution in [0.25, 0.3) is 11.1 Å². The number of ether oxygens (including phenoxy) is 1. The topological polar surface area (TPSA) is 95.9 Å². The fourth-order valence-corrected chi connectivity index (χ4v) is 4.61. The molecule has 1 saturated carbocycles. The number of carboxylic acids is 1. The molecule has 2 aromatic rings. The first-order valence-corrected chi connectivity index (χ1v) is 11.0. The number of nitrogens with zero attached hydrogens (tertiary/aromatic N) is 1.